The number of benzene rings is 2. The van der Waals surface area contributed by atoms with Crippen molar-refractivity contribution in [3.63, 3.8) is 0 Å². The highest BCUT2D eigenvalue weighted by Crippen LogP contribution is 2.28. The highest BCUT2D eigenvalue weighted by Gasteiger charge is 2.11. The topological polar surface area (TPSA) is 73.3 Å². The van der Waals surface area contributed by atoms with Gasteiger partial charge in [-0.25, -0.2) is 4.39 Å². The van der Waals surface area contributed by atoms with E-state index in [4.69, 9.17) is 0 Å². The van der Waals surface area contributed by atoms with Crippen LogP contribution in [0.4, 0.5) is 4.39 Å². The van der Waals surface area contributed by atoms with Crippen LogP contribution in [-0.2, 0) is 0 Å². The first-order valence-electron chi connectivity index (χ1n) is 5.23. The predicted molar refractivity (Wildman–Crippen MR) is 65.4 cm³/mol. The highest BCUT2D eigenvalue weighted by molar-refractivity contribution is 6.06. The SMILES string of the molecule is O=c1[nH]c2cc(O)cc(F)c2c2ccc(O)cc12. The third-order valence-electron chi connectivity index (χ3n) is 2.84. The molecule has 90 valence electrons. The van der Waals surface area contributed by atoms with Crippen LogP contribution in [0.3, 0.4) is 0 Å². The van der Waals surface area contributed by atoms with Gasteiger partial charge in [-0.15, -0.1) is 0 Å². The summed E-state index contributed by atoms with van der Waals surface area (Å²) in [6.07, 6.45) is 0. The van der Waals surface area contributed by atoms with Crippen molar-refractivity contribution in [1.82, 2.24) is 4.98 Å². The molecule has 0 saturated carbocycles. The van der Waals surface area contributed by atoms with Crippen LogP contribution in [0.15, 0.2) is 35.1 Å². The normalized spacial score (nSPS) is 11.2. The molecule has 0 aliphatic carbocycles. The van der Waals surface area contributed by atoms with Gasteiger partial charge in [-0.1, -0.05) is 0 Å². The lowest BCUT2D eigenvalue weighted by Gasteiger charge is -2.05. The first-order valence-corrected chi connectivity index (χ1v) is 5.23. The van der Waals surface area contributed by atoms with E-state index in [1.807, 2.05) is 0 Å². The summed E-state index contributed by atoms with van der Waals surface area (Å²) in [6.45, 7) is 0. The van der Waals surface area contributed by atoms with Crippen molar-refractivity contribution in [2.24, 2.45) is 0 Å². The van der Waals surface area contributed by atoms with E-state index in [-0.39, 0.29) is 27.8 Å². The molecule has 0 amide bonds. The Hall–Kier alpha value is -2.56. The number of hydrogen-bond acceptors (Lipinski definition) is 3. The Balaban J connectivity index is 2.65. The molecule has 4 nitrogen and oxygen atoms in total. The third-order valence-corrected chi connectivity index (χ3v) is 2.84. The summed E-state index contributed by atoms with van der Waals surface area (Å²) < 4.78 is 13.9. The van der Waals surface area contributed by atoms with Gasteiger partial charge in [0.25, 0.3) is 5.56 Å². The summed E-state index contributed by atoms with van der Waals surface area (Å²) in [5.41, 5.74) is -0.228. The Labute approximate surface area is 99.9 Å². The molecule has 0 fully saturated rings. The second-order valence-corrected chi connectivity index (χ2v) is 4.03. The quantitative estimate of drug-likeness (QED) is 0.532. The minimum absolute atomic E-state index is 0.0634. The molecular formula is C13H8FNO3. The number of H-pyrrole nitrogens is 1. The molecule has 3 aromatic rings. The smallest absolute Gasteiger partial charge is 0.256 e. The Bertz CT molecular complexity index is 839. The summed E-state index contributed by atoms with van der Waals surface area (Å²) in [4.78, 5) is 14.3. The van der Waals surface area contributed by atoms with E-state index < -0.39 is 11.4 Å². The average molecular weight is 245 g/mol. The van der Waals surface area contributed by atoms with E-state index in [1.54, 1.807) is 0 Å². The first-order chi connectivity index (χ1) is 8.56. The fraction of sp³-hybridized carbons (Fsp3) is 0. The highest BCUT2D eigenvalue weighted by atomic mass is 19.1. The van der Waals surface area contributed by atoms with Gasteiger partial charge < -0.3 is 15.2 Å². The van der Waals surface area contributed by atoms with Crippen molar-refractivity contribution in [1.29, 1.82) is 0 Å². The van der Waals surface area contributed by atoms with Crippen molar-refractivity contribution >= 4 is 21.7 Å². The summed E-state index contributed by atoms with van der Waals surface area (Å²) >= 11 is 0. The maximum absolute atomic E-state index is 13.9. The van der Waals surface area contributed by atoms with Gasteiger partial charge in [-0.2, -0.15) is 0 Å². The zero-order chi connectivity index (χ0) is 12.9. The molecule has 1 aromatic heterocycles. The molecule has 3 rings (SSSR count). The molecule has 0 atom stereocenters. The fourth-order valence-corrected chi connectivity index (χ4v) is 2.09. The van der Waals surface area contributed by atoms with Crippen molar-refractivity contribution in [2.45, 2.75) is 0 Å². The Morgan fingerprint density at radius 2 is 1.78 bits per heavy atom. The van der Waals surface area contributed by atoms with Gasteiger partial charge in [0.15, 0.2) is 0 Å². The zero-order valence-electron chi connectivity index (χ0n) is 9.07. The Morgan fingerprint density at radius 1 is 1.00 bits per heavy atom. The van der Waals surface area contributed by atoms with E-state index in [0.29, 0.717) is 5.39 Å². The molecular weight excluding hydrogens is 237 g/mol. The van der Waals surface area contributed by atoms with E-state index in [2.05, 4.69) is 4.98 Å². The molecule has 0 bridgehead atoms. The summed E-state index contributed by atoms with van der Waals surface area (Å²) in [7, 11) is 0. The number of hydrogen-bond donors (Lipinski definition) is 3. The first kappa shape index (κ1) is 10.6. The van der Waals surface area contributed by atoms with Crippen LogP contribution in [-0.4, -0.2) is 15.2 Å². The predicted octanol–water partition coefficient (Wildman–Crippen LogP) is 2.23. The van der Waals surface area contributed by atoms with Crippen molar-refractivity contribution in [2.75, 3.05) is 0 Å². The second-order valence-electron chi connectivity index (χ2n) is 4.03. The monoisotopic (exact) mass is 245 g/mol. The largest absolute Gasteiger partial charge is 0.508 e. The van der Waals surface area contributed by atoms with Crippen molar-refractivity contribution in [3.8, 4) is 11.5 Å². The van der Waals surface area contributed by atoms with Crippen LogP contribution in [0.1, 0.15) is 0 Å². The van der Waals surface area contributed by atoms with Crippen LogP contribution in [0.2, 0.25) is 0 Å². The van der Waals surface area contributed by atoms with Gasteiger partial charge in [0.05, 0.1) is 10.9 Å². The molecule has 2 aromatic carbocycles. The van der Waals surface area contributed by atoms with Crippen LogP contribution in [0.5, 0.6) is 11.5 Å². The number of phenols is 2. The summed E-state index contributed by atoms with van der Waals surface area (Å²) in [5.74, 6) is -0.947. The molecule has 18 heavy (non-hydrogen) atoms. The summed E-state index contributed by atoms with van der Waals surface area (Å²) in [6, 6.07) is 6.40. The molecule has 5 heteroatoms. The van der Waals surface area contributed by atoms with Gasteiger partial charge in [-0.05, 0) is 23.6 Å². The third kappa shape index (κ3) is 1.41. The van der Waals surface area contributed by atoms with E-state index >= 15 is 0 Å². The Kier molecular flexibility index (Phi) is 2.04. The van der Waals surface area contributed by atoms with Gasteiger partial charge >= 0.3 is 0 Å². The molecule has 0 saturated heterocycles. The number of pyridine rings is 1. The van der Waals surface area contributed by atoms with Crippen LogP contribution in [0.25, 0.3) is 21.7 Å². The van der Waals surface area contributed by atoms with E-state index in [1.165, 1.54) is 24.3 Å². The maximum atomic E-state index is 13.9. The van der Waals surface area contributed by atoms with Crippen LogP contribution >= 0.6 is 0 Å². The van der Waals surface area contributed by atoms with Crippen LogP contribution in [0, 0.1) is 5.82 Å². The maximum Gasteiger partial charge on any atom is 0.256 e. The van der Waals surface area contributed by atoms with Gasteiger partial charge in [0.2, 0.25) is 0 Å². The summed E-state index contributed by atoms with van der Waals surface area (Å²) in [5, 5.41) is 19.5. The fourth-order valence-electron chi connectivity index (χ4n) is 2.09. The standard InChI is InChI=1S/C13H8FNO3/c14-10-4-7(17)5-11-12(10)8-2-1-6(16)3-9(8)13(18)15-11/h1-5,16-17H,(H,15,18). The average Bonchev–Trinajstić information content (AvgIpc) is 2.29. The van der Waals surface area contributed by atoms with Crippen molar-refractivity contribution in [3.05, 3.63) is 46.5 Å². The number of aromatic hydroxyl groups is 2. The lowest BCUT2D eigenvalue weighted by atomic mass is 10.1. The zero-order valence-corrected chi connectivity index (χ0v) is 9.07. The Morgan fingerprint density at radius 3 is 2.56 bits per heavy atom. The molecule has 1 heterocycles. The number of nitrogens with one attached hydrogen (secondary N) is 1. The lowest BCUT2D eigenvalue weighted by Crippen LogP contribution is -2.06. The molecule has 3 N–H and O–H groups in total. The van der Waals surface area contributed by atoms with Crippen LogP contribution < -0.4 is 5.56 Å². The molecule has 0 spiro atoms. The van der Waals surface area contributed by atoms with E-state index in [0.717, 1.165) is 6.07 Å². The van der Waals surface area contributed by atoms with E-state index in [9.17, 15) is 19.4 Å². The number of halogens is 1. The minimum Gasteiger partial charge on any atom is -0.508 e. The number of phenolic OH excluding ortho intramolecular Hbond substituents is 2. The van der Waals surface area contributed by atoms with Gasteiger partial charge in [0, 0.05) is 17.5 Å². The number of rotatable bonds is 0. The minimum atomic E-state index is -0.628. The van der Waals surface area contributed by atoms with Crippen molar-refractivity contribution < 1.29 is 14.6 Å². The van der Waals surface area contributed by atoms with Gasteiger partial charge in [0.1, 0.15) is 17.3 Å². The molecule has 0 aliphatic rings. The lowest BCUT2D eigenvalue weighted by molar-refractivity contribution is 0.470. The molecule has 0 aliphatic heterocycles. The molecule has 0 unspecified atom stereocenters. The van der Waals surface area contributed by atoms with Gasteiger partial charge in [-0.3, -0.25) is 4.79 Å². The molecule has 0 radical (unpaired) electrons. The number of aromatic nitrogens is 1. The number of aromatic amines is 1. The number of fused-ring (bicyclic) bond motifs is 3. The second kappa shape index (κ2) is 3.46.